The molecular formula is C28H37BN8O. The van der Waals surface area contributed by atoms with Crippen molar-refractivity contribution in [1.82, 2.24) is 30.2 Å². The summed E-state index contributed by atoms with van der Waals surface area (Å²) in [4.78, 5) is 31.4. The van der Waals surface area contributed by atoms with Gasteiger partial charge in [-0.2, -0.15) is 4.98 Å². The number of aromatic nitrogens is 3. The van der Waals surface area contributed by atoms with Gasteiger partial charge in [0.25, 0.3) is 5.91 Å². The molecule has 9 nitrogen and oxygen atoms in total. The Hall–Kier alpha value is -3.50. The van der Waals surface area contributed by atoms with Crippen LogP contribution in [0, 0.1) is 0 Å². The number of amides is 1. The Kier molecular flexibility index (Phi) is 8.19. The normalized spacial score (nSPS) is 17.3. The second kappa shape index (κ2) is 11.9. The van der Waals surface area contributed by atoms with Gasteiger partial charge in [-0.3, -0.25) is 25.1 Å². The van der Waals surface area contributed by atoms with E-state index in [0.29, 0.717) is 11.4 Å². The highest BCUT2D eigenvalue weighted by atomic mass is 16.2. The van der Waals surface area contributed by atoms with E-state index < -0.39 is 0 Å². The third kappa shape index (κ3) is 6.31. The minimum Gasteiger partial charge on any atom is -0.368 e. The molecule has 38 heavy (non-hydrogen) atoms. The topological polar surface area (TPSA) is 104 Å². The maximum absolute atomic E-state index is 13.5. The van der Waals surface area contributed by atoms with Crippen LogP contribution in [-0.2, 0) is 6.54 Å². The first-order chi connectivity index (χ1) is 18.5. The molecule has 198 valence electrons. The molecule has 2 aliphatic rings. The Balaban J connectivity index is 1.35. The average Bonchev–Trinajstić information content (AvgIpc) is 2.95. The van der Waals surface area contributed by atoms with Crippen molar-refractivity contribution in [2.45, 2.75) is 44.7 Å². The second-order valence-corrected chi connectivity index (χ2v) is 10.6. The Morgan fingerprint density at radius 2 is 1.87 bits per heavy atom. The molecule has 0 bridgehead atoms. The molecule has 1 saturated heterocycles. The number of nitrogens with two attached hydrogens (primary N) is 1. The number of piperazine rings is 1. The first-order valence-electron chi connectivity index (χ1n) is 13.6. The van der Waals surface area contributed by atoms with Crippen LogP contribution in [0.25, 0.3) is 11.1 Å². The maximum Gasteiger partial charge on any atom is 0.271 e. The first-order valence-corrected chi connectivity index (χ1v) is 13.6. The third-order valence-corrected chi connectivity index (χ3v) is 7.62. The van der Waals surface area contributed by atoms with Crippen molar-refractivity contribution in [3.8, 4) is 11.1 Å². The highest BCUT2D eigenvalue weighted by molar-refractivity contribution is 6.35. The van der Waals surface area contributed by atoms with Gasteiger partial charge in [0.2, 0.25) is 5.95 Å². The quantitative estimate of drug-likeness (QED) is 0.364. The van der Waals surface area contributed by atoms with Crippen LogP contribution >= 0.6 is 0 Å². The number of carbonyl (C=O) groups is 1. The number of nitrogens with one attached hydrogen (secondary N) is 1. The van der Waals surface area contributed by atoms with Crippen molar-refractivity contribution in [2.75, 3.05) is 44.0 Å². The molecule has 1 aliphatic carbocycles. The van der Waals surface area contributed by atoms with Gasteiger partial charge in [-0.1, -0.05) is 37.5 Å². The molecule has 3 heterocycles. The summed E-state index contributed by atoms with van der Waals surface area (Å²) in [5, 5.41) is 1.90. The lowest BCUT2D eigenvalue weighted by molar-refractivity contribution is 0.0941. The van der Waals surface area contributed by atoms with Crippen LogP contribution in [-0.4, -0.2) is 77.8 Å². The molecule has 1 saturated carbocycles. The van der Waals surface area contributed by atoms with Crippen molar-refractivity contribution in [3.05, 3.63) is 60.0 Å². The summed E-state index contributed by atoms with van der Waals surface area (Å²) in [6.45, 7) is 5.27. The summed E-state index contributed by atoms with van der Waals surface area (Å²) in [6, 6.07) is 10.6. The summed E-state index contributed by atoms with van der Waals surface area (Å²) in [5.41, 5.74) is 13.7. The number of nitrogen functional groups attached to an aromatic ring is 1. The largest absolute Gasteiger partial charge is 0.368 e. The average molecular weight is 512 g/mol. The van der Waals surface area contributed by atoms with Crippen LogP contribution in [0.5, 0.6) is 0 Å². The van der Waals surface area contributed by atoms with Crippen molar-refractivity contribution in [3.63, 3.8) is 0 Å². The van der Waals surface area contributed by atoms with E-state index in [1.165, 1.54) is 12.0 Å². The van der Waals surface area contributed by atoms with Crippen LogP contribution in [0.4, 0.5) is 11.8 Å². The van der Waals surface area contributed by atoms with Crippen LogP contribution in [0.15, 0.2) is 48.9 Å². The van der Waals surface area contributed by atoms with Gasteiger partial charge in [-0.05, 0) is 48.6 Å². The lowest BCUT2D eigenvalue weighted by atomic mass is 9.93. The van der Waals surface area contributed by atoms with Crippen LogP contribution in [0.1, 0.15) is 48.0 Å². The predicted molar refractivity (Wildman–Crippen MR) is 154 cm³/mol. The fraction of sp³-hybridized carbons (Fsp3) is 0.429. The minimum atomic E-state index is -0.213. The minimum absolute atomic E-state index is 0.156. The molecule has 2 fully saturated rings. The van der Waals surface area contributed by atoms with Crippen molar-refractivity contribution < 1.29 is 4.79 Å². The van der Waals surface area contributed by atoms with E-state index in [-0.39, 0.29) is 17.9 Å². The highest BCUT2D eigenvalue weighted by Gasteiger charge is 2.26. The van der Waals surface area contributed by atoms with Crippen LogP contribution in [0.3, 0.4) is 0 Å². The van der Waals surface area contributed by atoms with E-state index in [1.54, 1.807) is 12.4 Å². The van der Waals surface area contributed by atoms with Gasteiger partial charge in [-0.25, -0.2) is 4.98 Å². The number of rotatable bonds is 7. The zero-order chi connectivity index (χ0) is 26.5. The van der Waals surface area contributed by atoms with Crippen molar-refractivity contribution >= 4 is 31.0 Å². The number of hydrazine groups is 1. The molecule has 1 aromatic carbocycles. The standard InChI is InChI=1S/C28H37BN8O/c1-35-10-12-36(13-11-35)19-20-6-5-7-21(14-20)22-15-23(17-31-16-22)27(38)34-37(24-8-3-2-4-9-24)26-25(29)18-32-28(30)33-26/h5-7,14-18,24H,2-4,8-13,19,29H2,1H3,(H,34,38)(H2,30,32,33). The molecule has 3 N–H and O–H groups in total. The van der Waals surface area contributed by atoms with Gasteiger partial charge in [0, 0.05) is 56.9 Å². The number of hydrogen-bond donors (Lipinski definition) is 2. The van der Waals surface area contributed by atoms with E-state index in [4.69, 9.17) is 5.73 Å². The number of nitrogens with zero attached hydrogens (tertiary/aromatic N) is 6. The highest BCUT2D eigenvalue weighted by Crippen LogP contribution is 2.25. The molecule has 2 aromatic heterocycles. The van der Waals surface area contributed by atoms with Gasteiger partial charge in [-0.15, -0.1) is 0 Å². The second-order valence-electron chi connectivity index (χ2n) is 10.6. The SMILES string of the molecule is Bc1cnc(N)nc1N(NC(=O)c1cncc(-c2cccc(CN3CCN(C)CC3)c2)c1)C1CCCCC1. The molecule has 0 radical (unpaired) electrons. The van der Waals surface area contributed by atoms with E-state index >= 15 is 0 Å². The van der Waals surface area contributed by atoms with Gasteiger partial charge >= 0.3 is 0 Å². The summed E-state index contributed by atoms with van der Waals surface area (Å²) in [6.07, 6.45) is 10.6. The van der Waals surface area contributed by atoms with E-state index in [1.807, 2.05) is 25.1 Å². The maximum atomic E-state index is 13.5. The van der Waals surface area contributed by atoms with Crippen LogP contribution in [0.2, 0.25) is 0 Å². The molecular weight excluding hydrogens is 475 g/mol. The Morgan fingerprint density at radius 1 is 1.08 bits per heavy atom. The molecule has 0 spiro atoms. The third-order valence-electron chi connectivity index (χ3n) is 7.62. The number of benzene rings is 1. The lowest BCUT2D eigenvalue weighted by Crippen LogP contribution is -2.52. The lowest BCUT2D eigenvalue weighted by Gasteiger charge is -2.36. The molecule has 1 aliphatic heterocycles. The smallest absolute Gasteiger partial charge is 0.271 e. The van der Waals surface area contributed by atoms with Gasteiger partial charge < -0.3 is 10.6 Å². The summed E-state index contributed by atoms with van der Waals surface area (Å²) >= 11 is 0. The van der Waals surface area contributed by atoms with Gasteiger partial charge in [0.15, 0.2) is 0 Å². The summed E-state index contributed by atoms with van der Waals surface area (Å²) in [7, 11) is 4.11. The molecule has 5 rings (SSSR count). The number of anilines is 2. The van der Waals surface area contributed by atoms with E-state index in [0.717, 1.165) is 75.0 Å². The monoisotopic (exact) mass is 512 g/mol. The molecule has 0 unspecified atom stereocenters. The van der Waals surface area contributed by atoms with Crippen molar-refractivity contribution in [1.29, 1.82) is 0 Å². The Bertz CT molecular complexity index is 1260. The number of likely N-dealkylation sites (N-methyl/N-ethyl adjacent to an activating group) is 1. The zero-order valence-corrected chi connectivity index (χ0v) is 22.4. The number of hydrogen-bond acceptors (Lipinski definition) is 8. The fourth-order valence-corrected chi connectivity index (χ4v) is 5.36. The van der Waals surface area contributed by atoms with Crippen LogP contribution < -0.4 is 21.6 Å². The van der Waals surface area contributed by atoms with Gasteiger partial charge in [0.1, 0.15) is 13.7 Å². The molecule has 1 amide bonds. The zero-order valence-electron chi connectivity index (χ0n) is 22.4. The number of pyridine rings is 1. The van der Waals surface area contributed by atoms with E-state index in [2.05, 4.69) is 61.5 Å². The predicted octanol–water partition coefficient (Wildman–Crippen LogP) is 1.61. The Morgan fingerprint density at radius 3 is 2.66 bits per heavy atom. The van der Waals surface area contributed by atoms with Gasteiger partial charge in [0.05, 0.1) is 11.6 Å². The Labute approximate surface area is 225 Å². The van der Waals surface area contributed by atoms with E-state index in [9.17, 15) is 4.79 Å². The fourth-order valence-electron chi connectivity index (χ4n) is 5.36. The molecule has 10 heteroatoms. The summed E-state index contributed by atoms with van der Waals surface area (Å²) < 4.78 is 0. The molecule has 0 atom stereocenters. The number of carbonyl (C=O) groups excluding carboxylic acids is 1. The summed E-state index contributed by atoms with van der Waals surface area (Å²) in [5.74, 6) is 0.634. The van der Waals surface area contributed by atoms with Crippen molar-refractivity contribution in [2.24, 2.45) is 0 Å². The first kappa shape index (κ1) is 26.1. The molecule has 3 aromatic rings.